The van der Waals surface area contributed by atoms with Crippen molar-refractivity contribution >= 4 is 73.5 Å². The third-order valence-corrected chi connectivity index (χ3v) is 3.98. The Labute approximate surface area is 184 Å². The van der Waals surface area contributed by atoms with E-state index in [1.807, 2.05) is 0 Å². The molecule has 4 N–H and O–H groups in total. The molecular weight excluding hydrogens is 783 g/mol. The maximum Gasteiger partial charge on any atom is 0.118 e. The molecular formula is C14H11Cl3I2N2O2Pt. The van der Waals surface area contributed by atoms with Crippen LogP contribution < -0.4 is 0 Å². The van der Waals surface area contributed by atoms with Gasteiger partial charge in [0.25, 0.3) is 0 Å². The van der Waals surface area contributed by atoms with Crippen LogP contribution >= 0.6 is 73.5 Å². The zero-order valence-corrected chi connectivity index (χ0v) is 20.5. The van der Waals surface area contributed by atoms with Gasteiger partial charge in [0.05, 0.1) is 0 Å². The van der Waals surface area contributed by atoms with Gasteiger partial charge in [-0.2, -0.15) is 0 Å². The predicted octanol–water partition coefficient (Wildman–Crippen LogP) is 7.71. The monoisotopic (exact) mass is 793 g/mol. The number of aromatic hydroxyl groups is 2. The van der Waals surface area contributed by atoms with Crippen LogP contribution in [0, 0.1) is 0 Å². The minimum Gasteiger partial charge on any atom is -0.672 e. The van der Waals surface area contributed by atoms with E-state index in [9.17, 15) is 10.2 Å². The third kappa shape index (κ3) is 6.30. The van der Waals surface area contributed by atoms with Crippen LogP contribution in [0.4, 0.5) is 0 Å². The zero-order chi connectivity index (χ0) is 18.4. The Bertz CT molecular complexity index is 687. The number of hydrogen-bond donors (Lipinski definition) is 2. The molecule has 0 bridgehead atoms. The second-order valence-electron chi connectivity index (χ2n) is 4.53. The van der Waals surface area contributed by atoms with Gasteiger partial charge in [-0.15, -0.1) is 12.1 Å². The summed E-state index contributed by atoms with van der Waals surface area (Å²) in [5.41, 5.74) is 17.0. The van der Waals surface area contributed by atoms with Gasteiger partial charge < -0.3 is 21.7 Å². The van der Waals surface area contributed by atoms with Crippen molar-refractivity contribution in [1.82, 2.24) is 0 Å². The molecule has 10 heteroatoms. The average Bonchev–Trinajstić information content (AvgIpc) is 2.46. The molecule has 0 fully saturated rings. The number of halogens is 5. The Morgan fingerprint density at radius 2 is 1.29 bits per heavy atom. The second-order valence-corrected chi connectivity index (χ2v) is 22.3. The molecule has 0 aromatic heterocycles. The first-order valence-electron chi connectivity index (χ1n) is 6.13. The normalized spacial score (nSPS) is 13.1. The molecule has 0 spiro atoms. The van der Waals surface area contributed by atoms with Gasteiger partial charge in [0.2, 0.25) is 0 Å². The van der Waals surface area contributed by atoms with Crippen LogP contribution in [0.3, 0.4) is 0 Å². The van der Waals surface area contributed by atoms with Crippen LogP contribution in [0.15, 0.2) is 30.3 Å². The fourth-order valence-corrected chi connectivity index (χ4v) is 2.99. The minimum atomic E-state index is -1.09. The van der Waals surface area contributed by atoms with Gasteiger partial charge in [0.1, 0.15) is 11.5 Å². The first-order valence-corrected chi connectivity index (χ1v) is 20.2. The molecule has 2 rings (SSSR count). The van der Waals surface area contributed by atoms with Crippen molar-refractivity contribution < 1.29 is 21.4 Å². The first-order chi connectivity index (χ1) is 11.2. The molecule has 0 aliphatic heterocycles. The van der Waals surface area contributed by atoms with Crippen molar-refractivity contribution in [3.8, 4) is 11.5 Å². The fourth-order valence-electron chi connectivity index (χ4n) is 1.98. The van der Waals surface area contributed by atoms with Crippen LogP contribution in [-0.4, -0.2) is 10.2 Å². The summed E-state index contributed by atoms with van der Waals surface area (Å²) in [5, 5.41) is 19.2. The number of phenols is 2. The number of nitrogens with one attached hydrogen (secondary N) is 2. The summed E-state index contributed by atoms with van der Waals surface area (Å²) in [6.07, 6.45) is 0. The molecule has 134 valence electrons. The van der Waals surface area contributed by atoms with E-state index in [0.29, 0.717) is 16.8 Å². The topological polar surface area (TPSA) is 88.1 Å². The van der Waals surface area contributed by atoms with Gasteiger partial charge in [0, 0.05) is 15.1 Å². The van der Waals surface area contributed by atoms with Gasteiger partial charge in [-0.05, 0) is 35.4 Å². The molecule has 0 saturated heterocycles. The van der Waals surface area contributed by atoms with Crippen molar-refractivity contribution in [2.45, 2.75) is 12.1 Å². The second kappa shape index (κ2) is 11.0. The number of benzene rings is 2. The van der Waals surface area contributed by atoms with Crippen molar-refractivity contribution in [3.63, 3.8) is 0 Å². The molecule has 2 atom stereocenters. The molecule has 0 amide bonds. The maximum atomic E-state index is 9.40. The van der Waals surface area contributed by atoms with Gasteiger partial charge >= 0.3 is 49.9 Å². The number of hydrogen-bond acceptors (Lipinski definition) is 2. The zero-order valence-electron chi connectivity index (χ0n) is 11.6. The molecule has 0 unspecified atom stereocenters. The van der Waals surface area contributed by atoms with Gasteiger partial charge in [-0.3, -0.25) is 0 Å². The summed E-state index contributed by atoms with van der Waals surface area (Å²) in [6.45, 7) is 0. The predicted molar refractivity (Wildman–Crippen MR) is 113 cm³/mol. The van der Waals surface area contributed by atoms with E-state index in [2.05, 4.69) is 38.7 Å². The van der Waals surface area contributed by atoms with Crippen molar-refractivity contribution in [3.05, 3.63) is 68.0 Å². The van der Waals surface area contributed by atoms with Gasteiger partial charge in [0.15, 0.2) is 0 Å². The van der Waals surface area contributed by atoms with E-state index in [1.54, 1.807) is 0 Å². The molecule has 2 aromatic carbocycles. The summed E-state index contributed by atoms with van der Waals surface area (Å²) in [4.78, 5) is 0. The fraction of sp³-hybridized carbons (Fsp3) is 0.143. The third-order valence-electron chi connectivity index (χ3n) is 3.03. The summed E-state index contributed by atoms with van der Waals surface area (Å²) in [7, 11) is 0. The summed E-state index contributed by atoms with van der Waals surface area (Å²) in [5.74, 6) is -0.122. The molecule has 0 heterocycles. The smallest absolute Gasteiger partial charge is 0.118 e. The van der Waals surface area contributed by atoms with Crippen LogP contribution in [0.1, 0.15) is 23.2 Å². The van der Waals surface area contributed by atoms with Crippen LogP contribution in [-0.2, 0) is 11.2 Å². The maximum absolute atomic E-state index is 9.40. The van der Waals surface area contributed by atoms with Crippen molar-refractivity contribution in [1.29, 1.82) is 0 Å². The Kier molecular flexibility index (Phi) is 10.5. The summed E-state index contributed by atoms with van der Waals surface area (Å²) >= 11 is 23.3. The largest absolute Gasteiger partial charge is 0.672 e. The van der Waals surface area contributed by atoms with E-state index in [0.717, 1.165) is 0 Å². The summed E-state index contributed by atoms with van der Waals surface area (Å²) in [6, 6.07) is 4.61. The molecule has 0 saturated carbocycles. The average molecular weight is 794 g/mol. The molecule has 0 radical (unpaired) electrons. The molecule has 4 nitrogen and oxygen atoms in total. The minimum absolute atomic E-state index is 0.0156. The Balaban J connectivity index is 0.000000891. The SMILES string of the molecule is [I][Pt+2][I].[NH-][C@H](c1ccc(O)cc1Cl)[C@@H]([NH-])c1c(Cl)cc(O)cc1Cl. The molecule has 2 aromatic rings. The summed E-state index contributed by atoms with van der Waals surface area (Å²) < 4.78 is 0. The van der Waals surface area contributed by atoms with Crippen LogP contribution in [0.25, 0.3) is 11.5 Å². The quantitative estimate of drug-likeness (QED) is 0.312. The molecule has 0 aliphatic rings. The van der Waals surface area contributed by atoms with Gasteiger partial charge in [-0.25, -0.2) is 0 Å². The molecule has 0 aliphatic carbocycles. The van der Waals surface area contributed by atoms with Gasteiger partial charge in [-0.1, -0.05) is 40.9 Å². The van der Waals surface area contributed by atoms with Crippen LogP contribution in [0.5, 0.6) is 11.5 Å². The van der Waals surface area contributed by atoms with Crippen molar-refractivity contribution in [2.24, 2.45) is 0 Å². The number of rotatable bonds is 3. The first kappa shape index (κ1) is 23.0. The van der Waals surface area contributed by atoms with Crippen molar-refractivity contribution in [2.75, 3.05) is 0 Å². The van der Waals surface area contributed by atoms with E-state index >= 15 is 0 Å². The Morgan fingerprint density at radius 1 is 0.833 bits per heavy atom. The Hall–Kier alpha value is 0.978. The number of phenolic OH excluding ortho intramolecular Hbond substituents is 2. The standard InChI is InChI=1S/C14H11Cl3N2O2.2HI.Pt/c15-9-3-6(20)1-2-8(9)13(18)14(19)12-10(16)4-7(21)5-11(12)17;;;/h1-5,13-14,18-21H;2*1H;/q-2;;;+4/p-2/t13-,14+;;;/m1.../s1. The van der Waals surface area contributed by atoms with Crippen LogP contribution in [0.2, 0.25) is 15.1 Å². The molecule has 24 heavy (non-hydrogen) atoms. The van der Waals surface area contributed by atoms with E-state index in [4.69, 9.17) is 46.3 Å². The van der Waals surface area contributed by atoms with E-state index in [1.165, 1.54) is 30.3 Å². The van der Waals surface area contributed by atoms with E-state index < -0.39 is 12.1 Å². The Morgan fingerprint density at radius 3 is 1.75 bits per heavy atom. The van der Waals surface area contributed by atoms with E-state index in [-0.39, 0.29) is 32.1 Å².